The maximum atomic E-state index is 11.2. The number of hydrogen-bond acceptors (Lipinski definition) is 7. The van der Waals surface area contributed by atoms with E-state index in [1.807, 2.05) is 24.3 Å². The van der Waals surface area contributed by atoms with Crippen LogP contribution in [0.3, 0.4) is 0 Å². The van der Waals surface area contributed by atoms with Crippen LogP contribution in [0.25, 0.3) is 0 Å². The summed E-state index contributed by atoms with van der Waals surface area (Å²) in [6, 6.07) is 14.5. The molecule has 0 saturated heterocycles. The second kappa shape index (κ2) is 9.03. The van der Waals surface area contributed by atoms with Crippen LogP contribution in [0.1, 0.15) is 31.8 Å². The molecule has 1 heterocycles. The van der Waals surface area contributed by atoms with Crippen LogP contribution in [0.4, 0.5) is 0 Å². The van der Waals surface area contributed by atoms with Gasteiger partial charge in [-0.1, -0.05) is 59.1 Å². The maximum absolute atomic E-state index is 11.2. The molecular weight excluding hydrogens is 400 g/mol. The highest BCUT2D eigenvalue weighted by molar-refractivity contribution is 8.02. The number of aromatic nitrogens is 2. The van der Waals surface area contributed by atoms with E-state index in [0.29, 0.717) is 22.6 Å². The number of primary amides is 2. The fourth-order valence-electron chi connectivity index (χ4n) is 2.23. The number of thioether (sulfide) groups is 2. The van der Waals surface area contributed by atoms with E-state index in [0.717, 1.165) is 19.8 Å². The molecule has 0 atom stereocenters. The zero-order valence-electron chi connectivity index (χ0n) is 14.1. The van der Waals surface area contributed by atoms with E-state index >= 15 is 0 Å². The minimum Gasteiger partial charge on any atom is -0.366 e. The van der Waals surface area contributed by atoms with Crippen molar-refractivity contribution in [1.82, 2.24) is 10.2 Å². The van der Waals surface area contributed by atoms with Crippen molar-refractivity contribution in [3.63, 3.8) is 0 Å². The van der Waals surface area contributed by atoms with Gasteiger partial charge in [-0.15, -0.1) is 10.2 Å². The van der Waals surface area contributed by atoms with Gasteiger partial charge in [-0.2, -0.15) is 0 Å². The van der Waals surface area contributed by atoms with Crippen LogP contribution in [0.15, 0.2) is 57.2 Å². The van der Waals surface area contributed by atoms with Gasteiger partial charge in [0.15, 0.2) is 8.68 Å². The molecule has 4 N–H and O–H groups in total. The molecule has 0 aliphatic rings. The van der Waals surface area contributed by atoms with E-state index in [1.165, 1.54) is 11.3 Å². The van der Waals surface area contributed by atoms with Gasteiger partial charge in [0.1, 0.15) is 0 Å². The Bertz CT molecular complexity index is 899. The first-order valence-electron chi connectivity index (χ1n) is 7.88. The molecule has 0 spiro atoms. The van der Waals surface area contributed by atoms with Gasteiger partial charge in [-0.3, -0.25) is 9.59 Å². The summed E-state index contributed by atoms with van der Waals surface area (Å²) in [5, 5.41) is 8.38. The normalized spacial score (nSPS) is 10.7. The molecule has 6 nitrogen and oxygen atoms in total. The van der Waals surface area contributed by atoms with E-state index in [2.05, 4.69) is 10.2 Å². The number of rotatable bonds is 8. The Morgan fingerprint density at radius 1 is 0.815 bits per heavy atom. The summed E-state index contributed by atoms with van der Waals surface area (Å²) >= 11 is 4.63. The van der Waals surface area contributed by atoms with Crippen molar-refractivity contribution in [2.75, 3.05) is 0 Å². The van der Waals surface area contributed by atoms with E-state index in [-0.39, 0.29) is 0 Å². The predicted molar refractivity (Wildman–Crippen MR) is 109 cm³/mol. The summed E-state index contributed by atoms with van der Waals surface area (Å²) in [5.41, 5.74) is 13.6. The van der Waals surface area contributed by atoms with E-state index in [9.17, 15) is 9.59 Å². The molecule has 9 heteroatoms. The van der Waals surface area contributed by atoms with Gasteiger partial charge in [0.25, 0.3) is 0 Å². The summed E-state index contributed by atoms with van der Waals surface area (Å²) < 4.78 is 1.71. The summed E-state index contributed by atoms with van der Waals surface area (Å²) in [6.45, 7) is 0. The Kier molecular flexibility index (Phi) is 6.49. The van der Waals surface area contributed by atoms with Crippen molar-refractivity contribution < 1.29 is 9.59 Å². The molecular formula is C18H16N4O2S3. The lowest BCUT2D eigenvalue weighted by Gasteiger charge is -2.01. The zero-order valence-corrected chi connectivity index (χ0v) is 16.6. The first-order chi connectivity index (χ1) is 13.0. The Hall–Kier alpha value is -2.36. The fraction of sp³-hybridized carbons (Fsp3) is 0.111. The van der Waals surface area contributed by atoms with E-state index in [1.54, 1.807) is 47.8 Å². The van der Waals surface area contributed by atoms with Crippen LogP contribution in [0, 0.1) is 0 Å². The van der Waals surface area contributed by atoms with Gasteiger partial charge in [-0.25, -0.2) is 0 Å². The Balaban J connectivity index is 1.56. The lowest BCUT2D eigenvalue weighted by molar-refractivity contribution is 0.0992. The van der Waals surface area contributed by atoms with E-state index in [4.69, 9.17) is 11.5 Å². The van der Waals surface area contributed by atoms with Crippen molar-refractivity contribution >= 4 is 46.7 Å². The lowest BCUT2D eigenvalue weighted by Crippen LogP contribution is -2.10. The van der Waals surface area contributed by atoms with Gasteiger partial charge in [0.05, 0.1) is 0 Å². The predicted octanol–water partition coefficient (Wildman–Crippen LogP) is 3.32. The number of hydrogen-bond donors (Lipinski definition) is 2. The molecule has 27 heavy (non-hydrogen) atoms. The molecule has 1 aromatic heterocycles. The highest BCUT2D eigenvalue weighted by Gasteiger charge is 2.08. The lowest BCUT2D eigenvalue weighted by atomic mass is 10.1. The number of carbonyl (C=O) groups excluding carboxylic acids is 2. The van der Waals surface area contributed by atoms with Crippen molar-refractivity contribution in [3.05, 3.63) is 70.8 Å². The topological polar surface area (TPSA) is 112 Å². The van der Waals surface area contributed by atoms with Crippen molar-refractivity contribution in [1.29, 1.82) is 0 Å². The van der Waals surface area contributed by atoms with Crippen LogP contribution in [-0.2, 0) is 11.5 Å². The van der Waals surface area contributed by atoms with Crippen LogP contribution in [0.2, 0.25) is 0 Å². The quantitative estimate of drug-likeness (QED) is 0.545. The van der Waals surface area contributed by atoms with Gasteiger partial charge >= 0.3 is 0 Å². The van der Waals surface area contributed by atoms with Crippen LogP contribution in [-0.4, -0.2) is 22.0 Å². The molecule has 2 amide bonds. The smallest absolute Gasteiger partial charge is 0.248 e. The third-order valence-electron chi connectivity index (χ3n) is 3.54. The van der Waals surface area contributed by atoms with Gasteiger partial charge in [0.2, 0.25) is 11.8 Å². The molecule has 3 rings (SSSR count). The van der Waals surface area contributed by atoms with Gasteiger partial charge < -0.3 is 11.5 Å². The first kappa shape index (κ1) is 19.4. The fourth-order valence-corrected chi connectivity index (χ4v) is 5.14. The zero-order chi connectivity index (χ0) is 19.2. The highest BCUT2D eigenvalue weighted by Crippen LogP contribution is 2.32. The monoisotopic (exact) mass is 416 g/mol. The largest absolute Gasteiger partial charge is 0.366 e. The summed E-state index contributed by atoms with van der Waals surface area (Å²) in [5.74, 6) is 0.496. The molecule has 138 valence electrons. The second-order valence-electron chi connectivity index (χ2n) is 5.54. The van der Waals surface area contributed by atoms with Gasteiger partial charge in [0, 0.05) is 22.6 Å². The Morgan fingerprint density at radius 3 is 1.67 bits per heavy atom. The molecule has 0 fully saturated rings. The average Bonchev–Trinajstić information content (AvgIpc) is 3.13. The van der Waals surface area contributed by atoms with E-state index < -0.39 is 11.8 Å². The minimum absolute atomic E-state index is 0.433. The molecule has 0 aliphatic heterocycles. The Morgan fingerprint density at radius 2 is 1.26 bits per heavy atom. The van der Waals surface area contributed by atoms with Crippen molar-refractivity contribution in [2.45, 2.75) is 20.2 Å². The van der Waals surface area contributed by atoms with Crippen LogP contribution < -0.4 is 11.5 Å². The molecule has 0 saturated carbocycles. The SMILES string of the molecule is NC(=O)c1cccc(CSc2nnc(SCc3cccc(C(N)=O)c3)s2)c1. The van der Waals surface area contributed by atoms with Crippen LogP contribution >= 0.6 is 34.9 Å². The molecule has 3 aromatic rings. The number of nitrogens with zero attached hydrogens (tertiary/aromatic N) is 2. The third-order valence-corrected chi connectivity index (χ3v) is 6.87. The summed E-state index contributed by atoms with van der Waals surface area (Å²) in [7, 11) is 0. The molecule has 0 bridgehead atoms. The molecule has 0 radical (unpaired) electrons. The maximum Gasteiger partial charge on any atom is 0.248 e. The number of carbonyl (C=O) groups is 2. The summed E-state index contributed by atoms with van der Waals surface area (Å²) in [4.78, 5) is 22.5. The number of amides is 2. The highest BCUT2D eigenvalue weighted by atomic mass is 32.2. The van der Waals surface area contributed by atoms with Gasteiger partial charge in [-0.05, 0) is 35.4 Å². The third kappa shape index (κ3) is 5.56. The summed E-state index contributed by atoms with van der Waals surface area (Å²) in [6.07, 6.45) is 0. The molecule has 2 aromatic carbocycles. The molecule has 0 aliphatic carbocycles. The van der Waals surface area contributed by atoms with Crippen molar-refractivity contribution in [3.8, 4) is 0 Å². The Labute approximate surface area is 168 Å². The first-order valence-corrected chi connectivity index (χ1v) is 10.7. The number of nitrogens with two attached hydrogens (primary N) is 2. The number of benzene rings is 2. The average molecular weight is 417 g/mol. The standard InChI is InChI=1S/C18H16N4O2S3/c19-15(23)13-5-1-3-11(7-13)9-25-17-21-22-18(27-17)26-10-12-4-2-6-14(8-12)16(20)24/h1-8H,9-10H2,(H2,19,23)(H2,20,24). The van der Waals surface area contributed by atoms with Crippen LogP contribution in [0.5, 0.6) is 0 Å². The second-order valence-corrected chi connectivity index (χ2v) is 8.96. The minimum atomic E-state index is -0.433. The molecule has 0 unspecified atom stereocenters. The van der Waals surface area contributed by atoms with Crippen molar-refractivity contribution in [2.24, 2.45) is 11.5 Å².